The third kappa shape index (κ3) is 5.61. The minimum absolute atomic E-state index is 0. The van der Waals surface area contributed by atoms with Crippen molar-refractivity contribution in [2.45, 2.75) is 33.1 Å². The molecular weight excluding hydrogens is 261 g/mol. The molecule has 75 valence electrons. The van der Waals surface area contributed by atoms with Crippen LogP contribution in [0.2, 0.25) is 0 Å². The Balaban J connectivity index is 0.00000144. The maximum absolute atomic E-state index is 10.4. The van der Waals surface area contributed by atoms with Gasteiger partial charge in [0.05, 0.1) is 0 Å². The van der Waals surface area contributed by atoms with Crippen molar-refractivity contribution < 1.29 is 41.5 Å². The first kappa shape index (κ1) is 14.2. The summed E-state index contributed by atoms with van der Waals surface area (Å²) >= 11 is -1.87. The fourth-order valence-electron chi connectivity index (χ4n) is 1.61. The third-order valence-electron chi connectivity index (χ3n) is 2.55. The van der Waals surface area contributed by atoms with Gasteiger partial charge >= 0.3 is 0 Å². The second kappa shape index (κ2) is 5.94. The van der Waals surface area contributed by atoms with E-state index in [0.29, 0.717) is 17.1 Å². The zero-order chi connectivity index (χ0) is 9.19. The van der Waals surface area contributed by atoms with E-state index in [1.807, 2.05) is 0 Å². The molecular formula is C9H16O2SY-2. The van der Waals surface area contributed by atoms with Crippen LogP contribution in [0.3, 0.4) is 0 Å². The van der Waals surface area contributed by atoms with Crippen LogP contribution in [0, 0.1) is 17.8 Å². The Morgan fingerprint density at radius 2 is 2.23 bits per heavy atom. The summed E-state index contributed by atoms with van der Waals surface area (Å²) in [4.78, 5) is 0. The molecule has 13 heavy (non-hydrogen) atoms. The molecule has 2 atom stereocenters. The molecule has 1 unspecified atom stereocenters. The minimum atomic E-state index is -1.87. The van der Waals surface area contributed by atoms with Gasteiger partial charge in [-0.2, -0.15) is 12.3 Å². The van der Waals surface area contributed by atoms with Gasteiger partial charge < -0.3 is 11.0 Å². The molecule has 1 radical (unpaired) electrons. The standard InChI is InChI=1S/C9H17O2S.Y/c1-9(2)5-3-8(4-6-9)7-12(10)11;/h3,8H,4-7H2,1-2H3,(H,10,11);/q-1;/p-1/t8-;/m0./s1. The summed E-state index contributed by atoms with van der Waals surface area (Å²) in [6.45, 7) is 4.46. The van der Waals surface area contributed by atoms with Crippen LogP contribution in [-0.4, -0.2) is 14.5 Å². The van der Waals surface area contributed by atoms with Gasteiger partial charge in [-0.3, -0.25) is 4.21 Å². The van der Waals surface area contributed by atoms with Crippen molar-refractivity contribution in [2.24, 2.45) is 11.3 Å². The van der Waals surface area contributed by atoms with E-state index in [-0.39, 0.29) is 32.7 Å². The molecule has 1 rings (SSSR count). The molecule has 0 aromatic carbocycles. The molecule has 0 aromatic rings. The van der Waals surface area contributed by atoms with Gasteiger partial charge in [-0.05, 0) is 5.75 Å². The Kier molecular flexibility index (Phi) is 6.50. The van der Waals surface area contributed by atoms with Crippen LogP contribution in [0.15, 0.2) is 0 Å². The zero-order valence-corrected chi connectivity index (χ0v) is 11.9. The molecule has 0 amide bonds. The molecule has 0 saturated heterocycles. The first-order chi connectivity index (χ1) is 5.49. The molecule has 4 heteroatoms. The van der Waals surface area contributed by atoms with Crippen molar-refractivity contribution in [3.8, 4) is 0 Å². The van der Waals surface area contributed by atoms with E-state index in [9.17, 15) is 8.76 Å². The van der Waals surface area contributed by atoms with Gasteiger partial charge in [0.1, 0.15) is 0 Å². The van der Waals surface area contributed by atoms with Crippen molar-refractivity contribution in [1.82, 2.24) is 0 Å². The van der Waals surface area contributed by atoms with Crippen molar-refractivity contribution in [1.29, 1.82) is 0 Å². The summed E-state index contributed by atoms with van der Waals surface area (Å²) < 4.78 is 20.8. The first-order valence-electron chi connectivity index (χ1n) is 4.39. The monoisotopic (exact) mass is 277 g/mol. The molecule has 1 aliphatic carbocycles. The summed E-state index contributed by atoms with van der Waals surface area (Å²) in [5.74, 6) is 0.618. The zero-order valence-electron chi connectivity index (χ0n) is 8.29. The molecule has 0 aromatic heterocycles. The van der Waals surface area contributed by atoms with Crippen LogP contribution in [0.5, 0.6) is 0 Å². The second-order valence-electron chi connectivity index (χ2n) is 4.37. The van der Waals surface area contributed by atoms with Gasteiger partial charge in [0.2, 0.25) is 0 Å². The van der Waals surface area contributed by atoms with Gasteiger partial charge in [0, 0.05) is 32.7 Å². The third-order valence-corrected chi connectivity index (χ3v) is 3.25. The maximum atomic E-state index is 10.4. The Hall–Kier alpha value is 1.21. The van der Waals surface area contributed by atoms with E-state index in [1.165, 1.54) is 0 Å². The van der Waals surface area contributed by atoms with Crippen LogP contribution in [0.25, 0.3) is 0 Å². The van der Waals surface area contributed by atoms with Crippen molar-refractivity contribution >= 4 is 11.1 Å². The minimum Gasteiger partial charge on any atom is -0.772 e. The quantitative estimate of drug-likeness (QED) is 0.571. The van der Waals surface area contributed by atoms with Gasteiger partial charge in [-0.1, -0.05) is 43.2 Å². The van der Waals surface area contributed by atoms with Crippen LogP contribution in [-0.2, 0) is 43.8 Å². The molecule has 0 bridgehead atoms. The Morgan fingerprint density at radius 3 is 2.62 bits per heavy atom. The van der Waals surface area contributed by atoms with Crippen molar-refractivity contribution in [3.63, 3.8) is 0 Å². The van der Waals surface area contributed by atoms with Gasteiger partial charge in [-0.25, -0.2) is 0 Å². The summed E-state index contributed by atoms with van der Waals surface area (Å²) in [6.07, 6.45) is 5.39. The van der Waals surface area contributed by atoms with E-state index < -0.39 is 11.1 Å². The molecule has 0 aliphatic heterocycles. The van der Waals surface area contributed by atoms with Crippen LogP contribution in [0.4, 0.5) is 0 Å². The number of hydrogen-bond acceptors (Lipinski definition) is 2. The summed E-state index contributed by atoms with van der Waals surface area (Å²) in [6, 6.07) is 0. The summed E-state index contributed by atoms with van der Waals surface area (Å²) in [5, 5.41) is 0. The van der Waals surface area contributed by atoms with E-state index >= 15 is 0 Å². The average molecular weight is 277 g/mol. The average Bonchev–Trinajstić information content (AvgIpc) is 1.93. The fraction of sp³-hybridized carbons (Fsp3) is 0.889. The van der Waals surface area contributed by atoms with Crippen LogP contribution in [0.1, 0.15) is 33.1 Å². The van der Waals surface area contributed by atoms with E-state index in [0.717, 1.165) is 19.3 Å². The van der Waals surface area contributed by atoms with Crippen LogP contribution >= 0.6 is 0 Å². The van der Waals surface area contributed by atoms with Crippen molar-refractivity contribution in [3.05, 3.63) is 6.42 Å². The fourth-order valence-corrected chi connectivity index (χ4v) is 2.26. The van der Waals surface area contributed by atoms with Crippen molar-refractivity contribution in [2.75, 3.05) is 5.75 Å². The first-order valence-corrected chi connectivity index (χ1v) is 5.63. The molecule has 2 nitrogen and oxygen atoms in total. The molecule has 0 spiro atoms. The molecule has 1 saturated carbocycles. The Labute approximate surface area is 108 Å². The molecule has 1 aliphatic rings. The predicted octanol–water partition coefficient (Wildman–Crippen LogP) is 1.89. The van der Waals surface area contributed by atoms with Crippen LogP contribution < -0.4 is 0 Å². The molecule has 1 fully saturated rings. The predicted molar refractivity (Wildman–Crippen MR) is 49.2 cm³/mol. The van der Waals surface area contributed by atoms with E-state index in [2.05, 4.69) is 20.3 Å². The smallest absolute Gasteiger partial charge is 0 e. The van der Waals surface area contributed by atoms with Gasteiger partial charge in [-0.15, -0.1) is 0 Å². The van der Waals surface area contributed by atoms with Gasteiger partial charge in [0.25, 0.3) is 0 Å². The summed E-state index contributed by atoms with van der Waals surface area (Å²) in [7, 11) is 0. The van der Waals surface area contributed by atoms with E-state index in [4.69, 9.17) is 0 Å². The largest absolute Gasteiger partial charge is 0.772 e. The Bertz CT molecular complexity index is 172. The SMILES string of the molecule is CC1(C)C[CH-][C@H](CS(=O)[O-])CC1.[Y]. The second-order valence-corrected chi connectivity index (χ2v) is 5.31. The maximum Gasteiger partial charge on any atom is 0 e. The van der Waals surface area contributed by atoms with Gasteiger partial charge in [0.15, 0.2) is 0 Å². The molecule has 0 N–H and O–H groups in total. The molecule has 0 heterocycles. The van der Waals surface area contributed by atoms with E-state index in [1.54, 1.807) is 0 Å². The summed E-state index contributed by atoms with van der Waals surface area (Å²) in [5.41, 5.74) is 0.390. The Morgan fingerprint density at radius 1 is 1.62 bits per heavy atom. The number of rotatable bonds is 2. The topological polar surface area (TPSA) is 40.1 Å². The number of hydrogen-bond donors (Lipinski definition) is 0. The normalized spacial score (nSPS) is 29.0.